The fourth-order valence-corrected chi connectivity index (χ4v) is 4.38. The Morgan fingerprint density at radius 2 is 1.82 bits per heavy atom. The normalized spacial score (nSPS) is 33.3. The topological polar surface area (TPSA) is 44.4 Å². The van der Waals surface area contributed by atoms with E-state index in [0.717, 1.165) is 38.3 Å². The predicted octanol–water partition coefficient (Wildman–Crippen LogP) is 2.32. The van der Waals surface area contributed by atoms with Gasteiger partial charge in [-0.25, -0.2) is 0 Å². The van der Waals surface area contributed by atoms with Crippen LogP contribution in [0.4, 0.5) is 0 Å². The molecule has 0 radical (unpaired) electrons. The summed E-state index contributed by atoms with van der Waals surface area (Å²) in [5, 5.41) is 6.89. The Labute approximate surface area is 141 Å². The molecule has 3 fully saturated rings. The van der Waals surface area contributed by atoms with Crippen LogP contribution < -0.4 is 10.6 Å². The molecule has 2 saturated heterocycles. The Morgan fingerprint density at radius 3 is 2.45 bits per heavy atom. The van der Waals surface area contributed by atoms with E-state index in [1.807, 2.05) is 0 Å². The largest absolute Gasteiger partial charge is 0.352 e. The molecule has 0 aromatic heterocycles. The van der Waals surface area contributed by atoms with Gasteiger partial charge in [0.25, 0.3) is 0 Å². The molecule has 2 N–H and O–H groups in total. The molecule has 1 amide bonds. The summed E-state index contributed by atoms with van der Waals surface area (Å²) in [7, 11) is 0. The highest BCUT2D eigenvalue weighted by Gasteiger charge is 2.38. The van der Waals surface area contributed by atoms with Gasteiger partial charge in [-0.3, -0.25) is 4.79 Å². The molecule has 1 aliphatic carbocycles. The molecule has 1 saturated carbocycles. The number of carbonyl (C=O) groups is 1. The van der Waals surface area contributed by atoms with Gasteiger partial charge in [0, 0.05) is 31.2 Å². The van der Waals surface area contributed by atoms with Crippen LogP contribution in [0.1, 0.15) is 58.8 Å². The van der Waals surface area contributed by atoms with Gasteiger partial charge < -0.3 is 15.5 Å². The van der Waals surface area contributed by atoms with Crippen molar-refractivity contribution < 1.29 is 4.79 Å². The van der Waals surface area contributed by atoms with E-state index >= 15 is 0 Å². The zero-order valence-electron chi connectivity index (χ0n) is 14.0. The van der Waals surface area contributed by atoms with Crippen molar-refractivity contribution in [2.75, 3.05) is 13.1 Å². The second-order valence-electron chi connectivity index (χ2n) is 7.52. The standard InChI is InChI=1S/C17H31N3O.ClH/c1-12(2)20-9-7-14(8-10-20)18-17(21)16-11-13-5-3-4-6-15(13)19-16;/h12-16,19H,3-11H2,1-2H3,(H,18,21);1H. The van der Waals surface area contributed by atoms with Gasteiger partial charge in [-0.15, -0.1) is 12.4 Å². The molecule has 3 aliphatic rings. The van der Waals surface area contributed by atoms with Crippen molar-refractivity contribution in [3.8, 4) is 0 Å². The van der Waals surface area contributed by atoms with Gasteiger partial charge >= 0.3 is 0 Å². The Kier molecular flexibility index (Phi) is 6.54. The zero-order chi connectivity index (χ0) is 14.8. The first-order chi connectivity index (χ1) is 10.1. The van der Waals surface area contributed by atoms with Crippen LogP contribution in [0.5, 0.6) is 0 Å². The molecule has 128 valence electrons. The number of nitrogens with one attached hydrogen (secondary N) is 2. The maximum absolute atomic E-state index is 12.5. The van der Waals surface area contributed by atoms with Crippen LogP contribution in [0.15, 0.2) is 0 Å². The van der Waals surface area contributed by atoms with Crippen LogP contribution in [0.3, 0.4) is 0 Å². The lowest BCUT2D eigenvalue weighted by molar-refractivity contribution is -0.124. The molecular formula is C17H32ClN3O. The van der Waals surface area contributed by atoms with Gasteiger partial charge in [0.05, 0.1) is 6.04 Å². The summed E-state index contributed by atoms with van der Waals surface area (Å²) in [6, 6.07) is 1.69. The van der Waals surface area contributed by atoms with Crippen LogP contribution in [0, 0.1) is 5.92 Å². The lowest BCUT2D eigenvalue weighted by atomic mass is 9.85. The third-order valence-electron chi connectivity index (χ3n) is 5.79. The molecule has 0 aromatic rings. The number of rotatable bonds is 3. The quantitative estimate of drug-likeness (QED) is 0.835. The molecule has 2 heterocycles. The number of likely N-dealkylation sites (tertiary alicyclic amines) is 1. The Hall–Kier alpha value is -0.320. The molecule has 2 aliphatic heterocycles. The lowest BCUT2D eigenvalue weighted by Crippen LogP contribution is -2.51. The monoisotopic (exact) mass is 329 g/mol. The van der Waals surface area contributed by atoms with E-state index in [1.54, 1.807) is 0 Å². The zero-order valence-corrected chi connectivity index (χ0v) is 14.8. The van der Waals surface area contributed by atoms with Crippen molar-refractivity contribution in [3.63, 3.8) is 0 Å². The number of piperidine rings is 1. The third-order valence-corrected chi connectivity index (χ3v) is 5.79. The van der Waals surface area contributed by atoms with Gasteiger partial charge in [0.2, 0.25) is 5.91 Å². The highest BCUT2D eigenvalue weighted by atomic mass is 35.5. The number of amides is 1. The summed E-state index contributed by atoms with van der Waals surface area (Å²) in [4.78, 5) is 15.0. The predicted molar refractivity (Wildman–Crippen MR) is 92.4 cm³/mol. The van der Waals surface area contributed by atoms with Crippen molar-refractivity contribution in [1.82, 2.24) is 15.5 Å². The smallest absolute Gasteiger partial charge is 0.237 e. The van der Waals surface area contributed by atoms with E-state index in [4.69, 9.17) is 0 Å². The van der Waals surface area contributed by atoms with Crippen LogP contribution in [-0.2, 0) is 4.79 Å². The summed E-state index contributed by atoms with van der Waals surface area (Å²) in [6.07, 6.45) is 8.52. The van der Waals surface area contributed by atoms with Gasteiger partial charge in [0.15, 0.2) is 0 Å². The minimum Gasteiger partial charge on any atom is -0.352 e. The molecule has 3 atom stereocenters. The minimum absolute atomic E-state index is 0. The molecule has 3 unspecified atom stereocenters. The van der Waals surface area contributed by atoms with Gasteiger partial charge in [0.1, 0.15) is 0 Å². The van der Waals surface area contributed by atoms with E-state index in [9.17, 15) is 4.79 Å². The molecule has 3 rings (SSSR count). The Morgan fingerprint density at radius 1 is 1.14 bits per heavy atom. The number of halogens is 1. The molecule has 0 bridgehead atoms. The van der Waals surface area contributed by atoms with Crippen molar-refractivity contribution >= 4 is 18.3 Å². The first-order valence-corrected chi connectivity index (χ1v) is 8.94. The van der Waals surface area contributed by atoms with Gasteiger partial charge in [-0.2, -0.15) is 0 Å². The number of hydrogen-bond donors (Lipinski definition) is 2. The second kappa shape index (κ2) is 7.98. The van der Waals surface area contributed by atoms with Crippen molar-refractivity contribution in [2.45, 2.75) is 83.0 Å². The summed E-state index contributed by atoms with van der Waals surface area (Å²) in [5.41, 5.74) is 0. The molecule has 22 heavy (non-hydrogen) atoms. The van der Waals surface area contributed by atoms with Crippen LogP contribution in [0.25, 0.3) is 0 Å². The second-order valence-corrected chi connectivity index (χ2v) is 7.52. The maximum Gasteiger partial charge on any atom is 0.237 e. The van der Waals surface area contributed by atoms with Gasteiger partial charge in [-0.1, -0.05) is 12.8 Å². The van der Waals surface area contributed by atoms with E-state index in [0.29, 0.717) is 18.1 Å². The fourth-order valence-electron chi connectivity index (χ4n) is 4.38. The molecule has 0 aromatic carbocycles. The molecule has 0 spiro atoms. The summed E-state index contributed by atoms with van der Waals surface area (Å²) < 4.78 is 0. The first-order valence-electron chi connectivity index (χ1n) is 8.94. The summed E-state index contributed by atoms with van der Waals surface area (Å²) >= 11 is 0. The summed E-state index contributed by atoms with van der Waals surface area (Å²) in [6.45, 7) is 6.74. The van der Waals surface area contributed by atoms with E-state index < -0.39 is 0 Å². The molecular weight excluding hydrogens is 298 g/mol. The van der Waals surface area contributed by atoms with Crippen LogP contribution in [0.2, 0.25) is 0 Å². The number of carbonyl (C=O) groups excluding carboxylic acids is 1. The number of hydrogen-bond acceptors (Lipinski definition) is 3. The van der Waals surface area contributed by atoms with Crippen LogP contribution >= 0.6 is 12.4 Å². The highest BCUT2D eigenvalue weighted by molar-refractivity contribution is 5.85. The van der Waals surface area contributed by atoms with Gasteiger partial charge in [-0.05, 0) is 51.9 Å². The third kappa shape index (κ3) is 4.15. The lowest BCUT2D eigenvalue weighted by Gasteiger charge is -2.35. The van der Waals surface area contributed by atoms with Crippen molar-refractivity contribution in [2.24, 2.45) is 5.92 Å². The number of nitrogens with zero attached hydrogens (tertiary/aromatic N) is 1. The molecule has 5 heteroatoms. The average molecular weight is 330 g/mol. The highest BCUT2D eigenvalue weighted by Crippen LogP contribution is 2.33. The van der Waals surface area contributed by atoms with E-state index in [-0.39, 0.29) is 24.4 Å². The average Bonchev–Trinajstić information content (AvgIpc) is 2.92. The fraction of sp³-hybridized carbons (Fsp3) is 0.941. The van der Waals surface area contributed by atoms with E-state index in [2.05, 4.69) is 29.4 Å². The minimum atomic E-state index is 0. The van der Waals surface area contributed by atoms with Crippen molar-refractivity contribution in [3.05, 3.63) is 0 Å². The Bertz CT molecular complexity index is 355. The summed E-state index contributed by atoms with van der Waals surface area (Å²) in [5.74, 6) is 1.00. The Balaban J connectivity index is 0.00000176. The van der Waals surface area contributed by atoms with Crippen molar-refractivity contribution in [1.29, 1.82) is 0 Å². The van der Waals surface area contributed by atoms with E-state index in [1.165, 1.54) is 25.7 Å². The van der Waals surface area contributed by atoms with Crippen LogP contribution in [-0.4, -0.2) is 48.1 Å². The maximum atomic E-state index is 12.5. The SMILES string of the molecule is CC(C)N1CCC(NC(=O)C2CC3CCCCC3N2)CC1.Cl. The molecule has 4 nitrogen and oxygen atoms in total. The first kappa shape index (κ1) is 18.0. The number of fused-ring (bicyclic) bond motifs is 1.